The van der Waals surface area contributed by atoms with Crippen molar-refractivity contribution in [1.29, 1.82) is 0 Å². The summed E-state index contributed by atoms with van der Waals surface area (Å²) in [5, 5.41) is 0. The van der Waals surface area contributed by atoms with Gasteiger partial charge in [0.15, 0.2) is 0 Å². The minimum absolute atomic E-state index is 0.0232. The Morgan fingerprint density at radius 3 is 1.71 bits per heavy atom. The average Bonchev–Trinajstić information content (AvgIpc) is 3.99. The highest BCUT2D eigenvalue weighted by Crippen LogP contribution is 2.61. The molecule has 12 heteroatoms. The maximum Gasteiger partial charge on any atom is 0.410 e. The summed E-state index contributed by atoms with van der Waals surface area (Å²) in [6.45, 7) is 4.74. The first-order valence-electron chi connectivity index (χ1n) is 16.6. The number of carbonyl (C=O) groups is 3. The molecule has 1 amide bonds. The SMILES string of the molecule is CCOC(=O)C1([C@H]2CN(C(=O)OCc3ccccc3)CC2(F)F)CC1.CCOC(=O)C1([C@H]2CN([C@@H](C)c3ccccc3)CC2(F)F)CC1. The molecule has 48 heavy (non-hydrogen) atoms. The molecule has 3 atom stereocenters. The van der Waals surface area contributed by atoms with Crippen molar-refractivity contribution < 1.29 is 46.2 Å². The quantitative estimate of drug-likeness (QED) is 0.154. The van der Waals surface area contributed by atoms with Crippen molar-refractivity contribution in [2.75, 3.05) is 39.4 Å². The summed E-state index contributed by atoms with van der Waals surface area (Å²) in [5.74, 6) is -9.18. The Morgan fingerprint density at radius 1 is 0.729 bits per heavy atom. The van der Waals surface area contributed by atoms with Gasteiger partial charge >= 0.3 is 18.0 Å². The molecule has 262 valence electrons. The number of carbonyl (C=O) groups excluding carboxylic acids is 3. The zero-order chi connectivity index (χ0) is 34.7. The number of rotatable bonds is 10. The molecule has 4 aliphatic rings. The van der Waals surface area contributed by atoms with E-state index >= 15 is 0 Å². The second-order valence-corrected chi connectivity index (χ2v) is 13.3. The number of ether oxygens (including phenoxy) is 3. The summed E-state index contributed by atoms with van der Waals surface area (Å²) >= 11 is 0. The van der Waals surface area contributed by atoms with Crippen LogP contribution in [0.4, 0.5) is 22.4 Å². The van der Waals surface area contributed by atoms with Gasteiger partial charge in [0.2, 0.25) is 0 Å². The summed E-state index contributed by atoms with van der Waals surface area (Å²) in [6, 6.07) is 18.6. The van der Waals surface area contributed by atoms with E-state index in [-0.39, 0.29) is 45.5 Å². The third kappa shape index (κ3) is 7.33. The summed E-state index contributed by atoms with van der Waals surface area (Å²) in [7, 11) is 0. The number of amides is 1. The predicted molar refractivity (Wildman–Crippen MR) is 168 cm³/mol. The van der Waals surface area contributed by atoms with Crippen molar-refractivity contribution >= 4 is 18.0 Å². The molecule has 6 rings (SSSR count). The first-order chi connectivity index (χ1) is 22.8. The number of nitrogens with zero attached hydrogens (tertiary/aromatic N) is 2. The number of likely N-dealkylation sites (tertiary alicyclic amines) is 2. The van der Waals surface area contributed by atoms with E-state index in [1.165, 1.54) is 0 Å². The Hall–Kier alpha value is -3.67. The van der Waals surface area contributed by atoms with E-state index in [1.54, 1.807) is 43.0 Å². The van der Waals surface area contributed by atoms with Crippen LogP contribution in [0.1, 0.15) is 63.6 Å². The van der Waals surface area contributed by atoms with Crippen LogP contribution in [0.2, 0.25) is 0 Å². The number of hydrogen-bond donors (Lipinski definition) is 0. The van der Waals surface area contributed by atoms with Crippen LogP contribution in [0, 0.1) is 22.7 Å². The lowest BCUT2D eigenvalue weighted by atomic mass is 9.86. The molecule has 2 aliphatic carbocycles. The number of halogens is 4. The lowest BCUT2D eigenvalue weighted by molar-refractivity contribution is -0.158. The van der Waals surface area contributed by atoms with Crippen LogP contribution in [0.5, 0.6) is 0 Å². The van der Waals surface area contributed by atoms with Gasteiger partial charge in [-0.2, -0.15) is 0 Å². The topological polar surface area (TPSA) is 85.4 Å². The van der Waals surface area contributed by atoms with E-state index in [0.717, 1.165) is 16.0 Å². The molecule has 2 saturated heterocycles. The normalized spacial score (nSPS) is 24.9. The van der Waals surface area contributed by atoms with E-state index in [9.17, 15) is 31.9 Å². The van der Waals surface area contributed by atoms with Crippen LogP contribution in [0.15, 0.2) is 60.7 Å². The molecule has 2 aromatic rings. The van der Waals surface area contributed by atoms with Gasteiger partial charge in [0.25, 0.3) is 11.8 Å². The third-order valence-electron chi connectivity index (χ3n) is 10.2. The monoisotopic (exact) mass is 676 g/mol. The van der Waals surface area contributed by atoms with Crippen LogP contribution in [-0.4, -0.2) is 79.1 Å². The molecule has 2 heterocycles. The molecule has 0 N–H and O–H groups in total. The van der Waals surface area contributed by atoms with Gasteiger partial charge in [-0.05, 0) is 57.6 Å². The van der Waals surface area contributed by atoms with Crippen molar-refractivity contribution in [3.8, 4) is 0 Å². The van der Waals surface area contributed by atoms with Crippen molar-refractivity contribution in [2.24, 2.45) is 22.7 Å². The molecule has 4 fully saturated rings. The molecule has 2 aliphatic heterocycles. The van der Waals surface area contributed by atoms with Crippen LogP contribution in [-0.2, 0) is 30.4 Å². The van der Waals surface area contributed by atoms with Gasteiger partial charge in [0.05, 0.1) is 49.0 Å². The zero-order valence-corrected chi connectivity index (χ0v) is 27.6. The van der Waals surface area contributed by atoms with Crippen LogP contribution >= 0.6 is 0 Å². The molecule has 0 bridgehead atoms. The number of hydrogen-bond acceptors (Lipinski definition) is 7. The molecule has 2 saturated carbocycles. The zero-order valence-electron chi connectivity index (χ0n) is 27.6. The first kappa shape index (κ1) is 35.6. The molecular weight excluding hydrogens is 632 g/mol. The Balaban J connectivity index is 0.000000188. The summed E-state index contributed by atoms with van der Waals surface area (Å²) in [4.78, 5) is 39.2. The smallest absolute Gasteiger partial charge is 0.410 e. The second-order valence-electron chi connectivity index (χ2n) is 13.3. The molecular formula is C36H44F4N2O6. The summed E-state index contributed by atoms with van der Waals surface area (Å²) in [6.07, 6.45) is 0.989. The maximum absolute atomic E-state index is 14.6. The Morgan fingerprint density at radius 2 is 1.21 bits per heavy atom. The predicted octanol–water partition coefficient (Wildman–Crippen LogP) is 6.89. The lowest BCUT2D eigenvalue weighted by Crippen LogP contribution is -2.39. The van der Waals surface area contributed by atoms with Crippen LogP contribution in [0.25, 0.3) is 0 Å². The third-order valence-corrected chi connectivity index (χ3v) is 10.2. The number of esters is 2. The van der Waals surface area contributed by atoms with E-state index in [4.69, 9.17) is 14.2 Å². The highest BCUT2D eigenvalue weighted by Gasteiger charge is 2.69. The van der Waals surface area contributed by atoms with Gasteiger partial charge in [-0.1, -0.05) is 60.7 Å². The Labute approximate surface area is 278 Å². The fourth-order valence-corrected chi connectivity index (χ4v) is 7.15. The van der Waals surface area contributed by atoms with Gasteiger partial charge in [0, 0.05) is 19.1 Å². The Kier molecular flexibility index (Phi) is 10.4. The van der Waals surface area contributed by atoms with Crippen molar-refractivity contribution in [2.45, 2.75) is 70.9 Å². The molecule has 0 radical (unpaired) electrons. The first-order valence-corrected chi connectivity index (χ1v) is 16.6. The number of alkyl halides is 4. The van der Waals surface area contributed by atoms with Gasteiger partial charge in [0.1, 0.15) is 6.61 Å². The van der Waals surface area contributed by atoms with Gasteiger partial charge in [-0.3, -0.25) is 14.5 Å². The summed E-state index contributed by atoms with van der Waals surface area (Å²) in [5.41, 5.74) is -0.327. The second kappa shape index (κ2) is 14.1. The van der Waals surface area contributed by atoms with Crippen molar-refractivity contribution in [1.82, 2.24) is 9.80 Å². The Bertz CT molecular complexity index is 1430. The highest BCUT2D eigenvalue weighted by molar-refractivity contribution is 5.81. The summed E-state index contributed by atoms with van der Waals surface area (Å²) < 4.78 is 73.3. The largest absolute Gasteiger partial charge is 0.466 e. The van der Waals surface area contributed by atoms with E-state index < -0.39 is 59.1 Å². The average molecular weight is 677 g/mol. The van der Waals surface area contributed by atoms with Crippen LogP contribution < -0.4 is 0 Å². The highest BCUT2D eigenvalue weighted by atomic mass is 19.3. The molecule has 0 unspecified atom stereocenters. The van der Waals surface area contributed by atoms with Crippen molar-refractivity contribution in [3.05, 3.63) is 71.8 Å². The standard InChI is InChI=1S/C18H21F2NO4.C18H23F2NO2/c1-2-24-15(22)17(8-9-17)14-10-21(12-18(14,19)20)16(23)25-11-13-6-4-3-5-7-13;1-3-23-16(22)17(9-10-17)15-11-21(12-18(15,19)20)13(2)14-7-5-4-6-8-14/h3-7,14H,2,8-12H2,1H3;4-8,13,15H,3,9-12H2,1-2H3/t14-;13-,15+/m10/s1. The number of benzene rings is 2. The maximum atomic E-state index is 14.6. The van der Waals surface area contributed by atoms with E-state index in [2.05, 4.69) is 0 Å². The molecule has 0 aromatic heterocycles. The fourth-order valence-electron chi connectivity index (χ4n) is 7.15. The van der Waals surface area contributed by atoms with Gasteiger partial charge in [-0.15, -0.1) is 0 Å². The van der Waals surface area contributed by atoms with Gasteiger partial charge < -0.3 is 19.1 Å². The lowest BCUT2D eigenvalue weighted by Gasteiger charge is -2.26. The molecule has 2 aromatic carbocycles. The molecule has 0 spiro atoms. The minimum atomic E-state index is -3.13. The van der Waals surface area contributed by atoms with Gasteiger partial charge in [-0.25, -0.2) is 22.4 Å². The van der Waals surface area contributed by atoms with E-state index in [1.807, 2.05) is 43.3 Å². The molecule has 8 nitrogen and oxygen atoms in total. The van der Waals surface area contributed by atoms with E-state index in [0.29, 0.717) is 25.7 Å². The minimum Gasteiger partial charge on any atom is -0.466 e. The fraction of sp³-hybridized carbons (Fsp3) is 0.583. The van der Waals surface area contributed by atoms with Crippen LogP contribution in [0.3, 0.4) is 0 Å². The van der Waals surface area contributed by atoms with Crippen molar-refractivity contribution in [3.63, 3.8) is 0 Å².